The fourth-order valence-corrected chi connectivity index (χ4v) is 2.71. The third kappa shape index (κ3) is 6.07. The van der Waals surface area contributed by atoms with Crippen molar-refractivity contribution in [2.24, 2.45) is 0 Å². The van der Waals surface area contributed by atoms with E-state index in [9.17, 15) is 0 Å². The van der Waals surface area contributed by atoms with E-state index in [0.29, 0.717) is 0 Å². The molecular formula is C26H24. The van der Waals surface area contributed by atoms with Crippen molar-refractivity contribution in [3.8, 4) is 0 Å². The molecule has 0 saturated carbocycles. The molecule has 0 bridgehead atoms. The molecule has 0 unspecified atom stereocenters. The first kappa shape index (κ1) is 17.7. The maximum absolute atomic E-state index is 2.25. The van der Waals surface area contributed by atoms with E-state index in [1.807, 2.05) is 12.1 Å². The van der Waals surface area contributed by atoms with E-state index in [1.165, 1.54) is 21.6 Å². The average Bonchev–Trinajstić information content (AvgIpc) is 2.71. The van der Waals surface area contributed by atoms with Crippen molar-refractivity contribution in [3.63, 3.8) is 0 Å². The molecule has 0 nitrogen and oxygen atoms in total. The second-order valence-corrected chi connectivity index (χ2v) is 6.17. The van der Waals surface area contributed by atoms with Gasteiger partial charge in [-0.05, 0) is 34.4 Å². The second kappa shape index (κ2) is 10.0. The van der Waals surface area contributed by atoms with Crippen molar-refractivity contribution in [3.05, 3.63) is 119 Å². The Balaban J connectivity index is 1.54. The lowest BCUT2D eigenvalue weighted by molar-refractivity contribution is 1.43. The summed E-state index contributed by atoms with van der Waals surface area (Å²) in [6.07, 6.45) is 15.1. The largest absolute Gasteiger partial charge is 0.0801 e. The van der Waals surface area contributed by atoms with Gasteiger partial charge in [0.05, 0.1) is 0 Å². The molecule has 128 valence electrons. The van der Waals surface area contributed by atoms with Gasteiger partial charge in [-0.2, -0.15) is 0 Å². The summed E-state index contributed by atoms with van der Waals surface area (Å²) in [7, 11) is 0. The minimum atomic E-state index is 0.942. The van der Waals surface area contributed by atoms with E-state index < -0.39 is 0 Å². The normalized spacial score (nSPS) is 11.1. The summed E-state index contributed by atoms with van der Waals surface area (Å²) in [4.78, 5) is 0. The lowest BCUT2D eigenvalue weighted by Gasteiger charge is -1.91. The van der Waals surface area contributed by atoms with Crippen molar-refractivity contribution in [2.45, 2.75) is 12.8 Å². The van der Waals surface area contributed by atoms with Gasteiger partial charge in [0, 0.05) is 0 Å². The zero-order chi connectivity index (χ0) is 17.9. The topological polar surface area (TPSA) is 0 Å². The van der Waals surface area contributed by atoms with Crippen LogP contribution in [0, 0.1) is 0 Å². The number of hydrogen-bond donors (Lipinski definition) is 0. The highest BCUT2D eigenvalue weighted by Gasteiger charge is 1.84. The highest BCUT2D eigenvalue weighted by atomic mass is 13.9. The van der Waals surface area contributed by atoms with Gasteiger partial charge in [0.2, 0.25) is 0 Å². The fourth-order valence-electron chi connectivity index (χ4n) is 2.71. The second-order valence-electron chi connectivity index (χ2n) is 6.17. The van der Waals surface area contributed by atoms with Crippen LogP contribution in [0.3, 0.4) is 0 Å². The third-order valence-corrected chi connectivity index (χ3v) is 4.14. The maximum Gasteiger partial charge on any atom is -0.0157 e. The summed E-state index contributed by atoms with van der Waals surface area (Å²) in [6, 6.07) is 29.5. The van der Waals surface area contributed by atoms with Crippen LogP contribution in [-0.4, -0.2) is 0 Å². The zero-order valence-corrected chi connectivity index (χ0v) is 15.0. The SMILES string of the molecule is C(C/C=C/c1ccccc1)=c1ccc(=CC/C=C/c2ccccc2)cc1. The first-order chi connectivity index (χ1) is 12.9. The Labute approximate surface area is 156 Å². The van der Waals surface area contributed by atoms with Crippen molar-refractivity contribution in [1.82, 2.24) is 0 Å². The standard InChI is InChI=1S/C26H24/c1-3-11-23(12-4-1)15-7-9-17-25-19-21-26(22-20-25)18-10-8-16-24-13-5-2-6-14-24/h1-8,11-22H,9-10H2/b15-7+,16-8+,25-17?,26-18?. The molecule has 3 aromatic carbocycles. The van der Waals surface area contributed by atoms with Gasteiger partial charge in [0.15, 0.2) is 0 Å². The lowest BCUT2D eigenvalue weighted by Crippen LogP contribution is -2.06. The molecule has 0 fully saturated rings. The molecule has 0 amide bonds. The van der Waals surface area contributed by atoms with Gasteiger partial charge >= 0.3 is 0 Å². The molecule has 0 saturated heterocycles. The Bertz CT molecular complexity index is 856. The van der Waals surface area contributed by atoms with Crippen LogP contribution in [-0.2, 0) is 0 Å². The molecule has 3 aromatic rings. The van der Waals surface area contributed by atoms with E-state index in [2.05, 4.69) is 109 Å². The molecule has 0 aliphatic carbocycles. The lowest BCUT2D eigenvalue weighted by atomic mass is 10.1. The van der Waals surface area contributed by atoms with Gasteiger partial charge in [-0.25, -0.2) is 0 Å². The van der Waals surface area contributed by atoms with E-state index >= 15 is 0 Å². The third-order valence-electron chi connectivity index (χ3n) is 4.14. The minimum absolute atomic E-state index is 0.942. The monoisotopic (exact) mass is 336 g/mol. The summed E-state index contributed by atoms with van der Waals surface area (Å²) in [6.45, 7) is 0. The van der Waals surface area contributed by atoms with Gasteiger partial charge in [-0.3, -0.25) is 0 Å². The zero-order valence-electron chi connectivity index (χ0n) is 15.0. The number of allylic oxidation sites excluding steroid dienone is 2. The van der Waals surface area contributed by atoms with Crippen LogP contribution in [0.4, 0.5) is 0 Å². The van der Waals surface area contributed by atoms with Crippen molar-refractivity contribution >= 4 is 24.3 Å². The summed E-state index contributed by atoms with van der Waals surface area (Å²) >= 11 is 0. The quantitative estimate of drug-likeness (QED) is 0.561. The Morgan fingerprint density at radius 3 is 1.23 bits per heavy atom. The summed E-state index contributed by atoms with van der Waals surface area (Å²) < 4.78 is 0. The average molecular weight is 336 g/mol. The highest BCUT2D eigenvalue weighted by Crippen LogP contribution is 2.02. The number of hydrogen-bond acceptors (Lipinski definition) is 0. The molecule has 0 heterocycles. The first-order valence-electron chi connectivity index (χ1n) is 9.10. The molecule has 0 N–H and O–H groups in total. The van der Waals surface area contributed by atoms with Crippen molar-refractivity contribution < 1.29 is 0 Å². The van der Waals surface area contributed by atoms with Crippen molar-refractivity contribution in [1.29, 1.82) is 0 Å². The fraction of sp³-hybridized carbons (Fsp3) is 0.0769. The number of benzene rings is 3. The molecule has 0 spiro atoms. The van der Waals surface area contributed by atoms with E-state index in [4.69, 9.17) is 0 Å². The van der Waals surface area contributed by atoms with Crippen LogP contribution >= 0.6 is 0 Å². The Hall–Kier alpha value is -3.12. The molecule has 0 atom stereocenters. The van der Waals surface area contributed by atoms with Crippen LogP contribution in [0.1, 0.15) is 24.0 Å². The van der Waals surface area contributed by atoms with Crippen LogP contribution in [0.2, 0.25) is 0 Å². The highest BCUT2D eigenvalue weighted by molar-refractivity contribution is 5.51. The summed E-state index contributed by atoms with van der Waals surface area (Å²) in [5.74, 6) is 0. The Morgan fingerprint density at radius 2 is 0.846 bits per heavy atom. The van der Waals surface area contributed by atoms with Crippen LogP contribution in [0.25, 0.3) is 24.3 Å². The molecule has 0 aliphatic rings. The Kier molecular flexibility index (Phi) is 6.81. The maximum atomic E-state index is 2.25. The van der Waals surface area contributed by atoms with E-state index in [-0.39, 0.29) is 0 Å². The predicted octanol–water partition coefficient (Wildman–Crippen LogP) is 5.45. The van der Waals surface area contributed by atoms with Gasteiger partial charge in [0.1, 0.15) is 0 Å². The van der Waals surface area contributed by atoms with Crippen LogP contribution in [0.15, 0.2) is 97.1 Å². The van der Waals surface area contributed by atoms with E-state index in [0.717, 1.165) is 12.8 Å². The summed E-state index contributed by atoms with van der Waals surface area (Å²) in [5, 5.41) is 2.53. The molecule has 3 rings (SSSR count). The number of rotatable bonds is 6. The van der Waals surface area contributed by atoms with Gasteiger partial charge in [0.25, 0.3) is 0 Å². The van der Waals surface area contributed by atoms with Crippen LogP contribution < -0.4 is 10.4 Å². The van der Waals surface area contributed by atoms with Gasteiger partial charge in [-0.1, -0.05) is 121 Å². The summed E-state index contributed by atoms with van der Waals surface area (Å²) in [5.41, 5.74) is 2.49. The predicted molar refractivity (Wildman–Crippen MR) is 115 cm³/mol. The minimum Gasteiger partial charge on any atom is -0.0801 e. The molecule has 0 heteroatoms. The van der Waals surface area contributed by atoms with Crippen molar-refractivity contribution in [2.75, 3.05) is 0 Å². The van der Waals surface area contributed by atoms with E-state index in [1.54, 1.807) is 0 Å². The molecule has 0 aliphatic heterocycles. The molecule has 0 radical (unpaired) electrons. The van der Waals surface area contributed by atoms with Gasteiger partial charge < -0.3 is 0 Å². The van der Waals surface area contributed by atoms with Gasteiger partial charge in [-0.15, -0.1) is 0 Å². The van der Waals surface area contributed by atoms with Crippen LogP contribution in [0.5, 0.6) is 0 Å². The molecular weight excluding hydrogens is 312 g/mol. The first-order valence-corrected chi connectivity index (χ1v) is 9.10. The molecule has 26 heavy (non-hydrogen) atoms. The smallest absolute Gasteiger partial charge is 0.0157 e. The molecule has 0 aromatic heterocycles. The Morgan fingerprint density at radius 1 is 0.462 bits per heavy atom.